The topological polar surface area (TPSA) is 17.8 Å². The summed E-state index contributed by atoms with van der Waals surface area (Å²) in [5.41, 5.74) is 13.1. The molecule has 0 saturated carbocycles. The molecular formula is C61H36N2S2. The molecule has 3 heterocycles. The molecular weight excluding hydrogens is 825 g/mol. The molecule has 14 aromatic rings. The summed E-state index contributed by atoms with van der Waals surface area (Å²) in [6.07, 6.45) is 0. The van der Waals surface area contributed by atoms with Crippen LogP contribution in [0.1, 0.15) is 0 Å². The van der Waals surface area contributed by atoms with Crippen LogP contribution in [0.3, 0.4) is 0 Å². The average molecular weight is 861 g/mol. The predicted molar refractivity (Wildman–Crippen MR) is 281 cm³/mol. The summed E-state index contributed by atoms with van der Waals surface area (Å²) in [4.78, 5) is 5.28. The molecule has 0 aliphatic heterocycles. The van der Waals surface area contributed by atoms with E-state index in [0.29, 0.717) is 0 Å². The third-order valence-electron chi connectivity index (χ3n) is 13.4. The molecule has 11 aromatic carbocycles. The molecule has 0 amide bonds. The maximum atomic E-state index is 5.28. The van der Waals surface area contributed by atoms with Gasteiger partial charge in [0.2, 0.25) is 0 Å². The summed E-state index contributed by atoms with van der Waals surface area (Å²) in [7, 11) is 0. The lowest BCUT2D eigenvalue weighted by molar-refractivity contribution is 1.18. The number of nitrogens with zero attached hydrogens (tertiary/aromatic N) is 2. The maximum absolute atomic E-state index is 5.28. The lowest BCUT2D eigenvalue weighted by Gasteiger charge is -2.11. The molecule has 0 radical (unpaired) electrons. The van der Waals surface area contributed by atoms with E-state index in [2.05, 4.69) is 223 Å². The van der Waals surface area contributed by atoms with Crippen LogP contribution in [-0.2, 0) is 0 Å². The zero-order chi connectivity index (χ0) is 42.6. The van der Waals surface area contributed by atoms with E-state index < -0.39 is 0 Å². The summed E-state index contributed by atoms with van der Waals surface area (Å²) in [5, 5.41) is 13.7. The number of hydrogen-bond acceptors (Lipinski definition) is 3. The van der Waals surface area contributed by atoms with E-state index in [9.17, 15) is 0 Å². The molecule has 65 heavy (non-hydrogen) atoms. The molecule has 0 bridgehead atoms. The van der Waals surface area contributed by atoms with Gasteiger partial charge in [0.25, 0.3) is 0 Å². The van der Waals surface area contributed by atoms with E-state index in [-0.39, 0.29) is 0 Å². The number of benzene rings is 11. The zero-order valence-electron chi connectivity index (χ0n) is 35.0. The van der Waals surface area contributed by atoms with Crippen LogP contribution in [0.5, 0.6) is 0 Å². The van der Waals surface area contributed by atoms with Crippen molar-refractivity contribution in [2.75, 3.05) is 0 Å². The van der Waals surface area contributed by atoms with Gasteiger partial charge in [0.1, 0.15) is 5.01 Å². The highest BCUT2D eigenvalue weighted by Gasteiger charge is 2.19. The molecule has 0 aliphatic carbocycles. The van der Waals surface area contributed by atoms with Gasteiger partial charge < -0.3 is 4.57 Å². The minimum absolute atomic E-state index is 1.04. The summed E-state index contributed by atoms with van der Waals surface area (Å²) < 4.78 is 6.28. The Balaban J connectivity index is 0.878. The molecule has 14 rings (SSSR count). The van der Waals surface area contributed by atoms with Crippen molar-refractivity contribution in [3.8, 4) is 49.6 Å². The molecule has 0 fully saturated rings. The van der Waals surface area contributed by atoms with Crippen LogP contribution in [-0.4, -0.2) is 9.55 Å². The van der Waals surface area contributed by atoms with E-state index in [1.54, 1.807) is 11.3 Å². The van der Waals surface area contributed by atoms with Gasteiger partial charge in [0, 0.05) is 42.2 Å². The highest BCUT2D eigenvalue weighted by atomic mass is 32.1. The highest BCUT2D eigenvalue weighted by molar-refractivity contribution is 7.28. The van der Waals surface area contributed by atoms with Gasteiger partial charge in [-0.2, -0.15) is 0 Å². The Morgan fingerprint density at radius 1 is 0.338 bits per heavy atom. The minimum Gasteiger partial charge on any atom is -0.309 e. The fourth-order valence-electron chi connectivity index (χ4n) is 10.3. The molecule has 0 unspecified atom stereocenters. The first-order chi connectivity index (χ1) is 32.2. The van der Waals surface area contributed by atoms with Crippen molar-refractivity contribution in [2.45, 2.75) is 0 Å². The molecule has 0 aliphatic rings. The van der Waals surface area contributed by atoms with Gasteiger partial charge >= 0.3 is 0 Å². The first-order valence-electron chi connectivity index (χ1n) is 22.1. The molecule has 0 spiro atoms. The highest BCUT2D eigenvalue weighted by Crippen LogP contribution is 2.46. The maximum Gasteiger partial charge on any atom is 0.124 e. The average Bonchev–Trinajstić information content (AvgIpc) is 4.07. The van der Waals surface area contributed by atoms with E-state index in [0.717, 1.165) is 21.8 Å². The first kappa shape index (κ1) is 36.6. The largest absolute Gasteiger partial charge is 0.309 e. The van der Waals surface area contributed by atoms with Crippen LogP contribution in [0.2, 0.25) is 0 Å². The van der Waals surface area contributed by atoms with Crippen LogP contribution < -0.4 is 0 Å². The van der Waals surface area contributed by atoms with Gasteiger partial charge in [-0.15, -0.1) is 22.7 Å². The first-order valence-corrected chi connectivity index (χ1v) is 23.7. The number of fused-ring (bicyclic) bond motifs is 12. The predicted octanol–water partition coefficient (Wildman–Crippen LogP) is 17.9. The zero-order valence-corrected chi connectivity index (χ0v) is 36.6. The summed E-state index contributed by atoms with van der Waals surface area (Å²) in [5.74, 6) is 0. The number of rotatable bonds is 5. The molecule has 2 nitrogen and oxygen atoms in total. The standard InChI is InChI=1S/C61H36N2S2/c1-2-11-37(12-3-1)38-25-28-45(29-26-38)63-54-20-10-19-47(58(54)51-33-41-13-4-5-14-42(41)36-55(51)63)39-21-23-40(24-22-39)61-62-53-30-32-57-59(60(53)65-61)52-35-44(27-31-56(52)64-57)50-34-43-15-6-7-16-46(43)48-17-8-9-18-49(48)50/h1-36H. The third kappa shape index (κ3) is 5.74. The quantitative estimate of drug-likeness (QED) is 0.158. The van der Waals surface area contributed by atoms with Crippen molar-refractivity contribution >= 4 is 107 Å². The fourth-order valence-corrected chi connectivity index (χ4v) is 12.6. The lowest BCUT2D eigenvalue weighted by Crippen LogP contribution is -1.94. The molecule has 4 heteroatoms. The van der Waals surface area contributed by atoms with Crippen molar-refractivity contribution in [1.29, 1.82) is 0 Å². The second kappa shape index (κ2) is 14.3. The Morgan fingerprint density at radius 3 is 1.83 bits per heavy atom. The number of hydrogen-bond donors (Lipinski definition) is 0. The monoisotopic (exact) mass is 860 g/mol. The van der Waals surface area contributed by atoms with E-state index in [1.807, 2.05) is 11.3 Å². The van der Waals surface area contributed by atoms with Gasteiger partial charge in [-0.05, 0) is 126 Å². The molecule has 3 aromatic heterocycles. The van der Waals surface area contributed by atoms with Crippen LogP contribution in [0, 0.1) is 0 Å². The van der Waals surface area contributed by atoms with Crippen molar-refractivity contribution in [3.05, 3.63) is 218 Å². The Labute approximate surface area is 382 Å². The van der Waals surface area contributed by atoms with Gasteiger partial charge in [-0.3, -0.25) is 0 Å². The molecule has 0 N–H and O–H groups in total. The van der Waals surface area contributed by atoms with Gasteiger partial charge in [0.15, 0.2) is 0 Å². The Bertz CT molecular complexity index is 4210. The summed E-state index contributed by atoms with van der Waals surface area (Å²) in [6.45, 7) is 0. The second-order valence-corrected chi connectivity index (χ2v) is 19.1. The van der Waals surface area contributed by atoms with Crippen LogP contribution in [0.4, 0.5) is 0 Å². The number of thiophene rings is 1. The van der Waals surface area contributed by atoms with Gasteiger partial charge in [-0.25, -0.2) is 4.98 Å². The van der Waals surface area contributed by atoms with Crippen LogP contribution in [0.25, 0.3) is 134 Å². The second-order valence-electron chi connectivity index (χ2n) is 17.1. The van der Waals surface area contributed by atoms with Gasteiger partial charge in [-0.1, -0.05) is 158 Å². The van der Waals surface area contributed by atoms with Crippen molar-refractivity contribution in [3.63, 3.8) is 0 Å². The Morgan fingerprint density at radius 2 is 1.00 bits per heavy atom. The van der Waals surface area contributed by atoms with E-state index in [1.165, 1.54) is 112 Å². The Hall–Kier alpha value is -7.89. The van der Waals surface area contributed by atoms with E-state index in [4.69, 9.17) is 4.98 Å². The molecule has 0 saturated heterocycles. The fraction of sp³-hybridized carbons (Fsp3) is 0. The minimum atomic E-state index is 1.04. The van der Waals surface area contributed by atoms with Crippen molar-refractivity contribution in [2.24, 2.45) is 0 Å². The van der Waals surface area contributed by atoms with Gasteiger partial charge in [0.05, 0.1) is 21.3 Å². The van der Waals surface area contributed by atoms with Crippen LogP contribution in [0.15, 0.2) is 218 Å². The summed E-state index contributed by atoms with van der Waals surface area (Å²) >= 11 is 3.68. The van der Waals surface area contributed by atoms with Crippen LogP contribution >= 0.6 is 22.7 Å². The van der Waals surface area contributed by atoms with Crippen molar-refractivity contribution < 1.29 is 0 Å². The molecule has 302 valence electrons. The third-order valence-corrected chi connectivity index (χ3v) is 15.7. The van der Waals surface area contributed by atoms with Crippen molar-refractivity contribution in [1.82, 2.24) is 9.55 Å². The van der Waals surface area contributed by atoms with E-state index >= 15 is 0 Å². The molecule has 0 atom stereocenters. The summed E-state index contributed by atoms with van der Waals surface area (Å²) in [6, 6.07) is 80.3. The number of aromatic nitrogens is 2. The lowest BCUT2D eigenvalue weighted by atomic mass is 9.93. The Kier molecular flexibility index (Phi) is 8.06. The smallest absolute Gasteiger partial charge is 0.124 e. The normalized spacial score (nSPS) is 12.0. The number of thiazole rings is 1. The SMILES string of the molecule is c1ccc(-c2ccc(-n3c4cc5ccccc5cc4c4c(-c5ccc(-c6nc7ccc8sc9ccc(-c%10cc%11ccccc%11c%11ccccc%10%11)cc9c8c7s6)cc5)cccc43)cc2)cc1.